The van der Waals surface area contributed by atoms with Crippen molar-refractivity contribution in [2.24, 2.45) is 0 Å². The Morgan fingerprint density at radius 3 is 2.71 bits per heavy atom. The first-order valence-corrected chi connectivity index (χ1v) is 5.47. The summed E-state index contributed by atoms with van der Waals surface area (Å²) < 4.78 is 0.825. The van der Waals surface area contributed by atoms with Crippen molar-refractivity contribution in [3.8, 4) is 0 Å². The van der Waals surface area contributed by atoms with Crippen LogP contribution in [0.15, 0.2) is 22.7 Å². The normalized spacial score (nSPS) is 11.5. The Morgan fingerprint density at radius 2 is 2.14 bits per heavy atom. The number of rotatable bonds is 3. The molecule has 0 aliphatic carbocycles. The average molecular weight is 279 g/mol. The minimum absolute atomic E-state index is 0.478. The number of halogens is 2. The van der Waals surface area contributed by atoms with Gasteiger partial charge in [-0.3, -0.25) is 0 Å². The van der Waals surface area contributed by atoms with E-state index >= 15 is 0 Å². The van der Waals surface area contributed by atoms with Crippen molar-refractivity contribution < 1.29 is 5.11 Å². The predicted octanol–water partition coefficient (Wildman–Crippen LogP) is 3.29. The monoisotopic (exact) mass is 277 g/mol. The van der Waals surface area contributed by atoms with Crippen LogP contribution in [0, 0.1) is 0 Å². The highest BCUT2D eigenvalue weighted by atomic mass is 79.9. The van der Waals surface area contributed by atoms with E-state index in [4.69, 9.17) is 11.6 Å². The van der Waals surface area contributed by atoms with Crippen LogP contribution in [0.1, 0.15) is 13.8 Å². The molecule has 0 saturated carbocycles. The summed E-state index contributed by atoms with van der Waals surface area (Å²) in [6.07, 6.45) is 0. The highest BCUT2D eigenvalue weighted by Crippen LogP contribution is 2.30. The predicted molar refractivity (Wildman–Crippen MR) is 63.9 cm³/mol. The van der Waals surface area contributed by atoms with Crippen LogP contribution in [0.25, 0.3) is 0 Å². The van der Waals surface area contributed by atoms with E-state index in [-0.39, 0.29) is 0 Å². The molecular formula is C10H13BrClNO. The van der Waals surface area contributed by atoms with Crippen molar-refractivity contribution in [1.82, 2.24) is 0 Å². The standard InChI is InChI=1S/C10H13BrClNO/c1-10(2,14)6-13-8-5-3-4-7(12)9(8)11/h3-5,13-14H,6H2,1-2H3. The van der Waals surface area contributed by atoms with E-state index in [0.29, 0.717) is 11.6 Å². The molecule has 0 bridgehead atoms. The fraction of sp³-hybridized carbons (Fsp3) is 0.400. The van der Waals surface area contributed by atoms with Gasteiger partial charge in [0.2, 0.25) is 0 Å². The number of hydrogen-bond donors (Lipinski definition) is 2. The number of nitrogens with one attached hydrogen (secondary N) is 1. The molecule has 0 atom stereocenters. The van der Waals surface area contributed by atoms with Crippen molar-refractivity contribution in [3.05, 3.63) is 27.7 Å². The molecule has 78 valence electrons. The van der Waals surface area contributed by atoms with E-state index in [0.717, 1.165) is 10.2 Å². The van der Waals surface area contributed by atoms with Crippen LogP contribution in [-0.4, -0.2) is 17.3 Å². The second-order valence-corrected chi connectivity index (χ2v) is 4.97. The molecule has 0 aliphatic rings. The summed E-state index contributed by atoms with van der Waals surface area (Å²) in [6, 6.07) is 5.57. The quantitative estimate of drug-likeness (QED) is 0.889. The molecule has 0 aliphatic heterocycles. The van der Waals surface area contributed by atoms with E-state index in [9.17, 15) is 5.11 Å². The summed E-state index contributed by atoms with van der Waals surface area (Å²) in [5.41, 5.74) is 0.154. The van der Waals surface area contributed by atoms with Crippen LogP contribution in [0.5, 0.6) is 0 Å². The minimum atomic E-state index is -0.734. The summed E-state index contributed by atoms with van der Waals surface area (Å²) in [6.45, 7) is 3.98. The maximum absolute atomic E-state index is 9.53. The maximum atomic E-state index is 9.53. The van der Waals surface area contributed by atoms with Crippen LogP contribution >= 0.6 is 27.5 Å². The number of hydrogen-bond acceptors (Lipinski definition) is 2. The van der Waals surface area contributed by atoms with E-state index < -0.39 is 5.60 Å². The van der Waals surface area contributed by atoms with Crippen LogP contribution in [-0.2, 0) is 0 Å². The highest BCUT2D eigenvalue weighted by Gasteiger charge is 2.12. The van der Waals surface area contributed by atoms with Gasteiger partial charge in [-0.25, -0.2) is 0 Å². The van der Waals surface area contributed by atoms with Gasteiger partial charge < -0.3 is 10.4 Å². The number of aliphatic hydroxyl groups is 1. The first kappa shape index (κ1) is 11.8. The zero-order valence-corrected chi connectivity index (χ0v) is 10.5. The summed E-state index contributed by atoms with van der Waals surface area (Å²) in [5.74, 6) is 0. The first-order valence-electron chi connectivity index (χ1n) is 4.30. The second kappa shape index (κ2) is 4.51. The highest BCUT2D eigenvalue weighted by molar-refractivity contribution is 9.10. The molecule has 0 spiro atoms. The minimum Gasteiger partial charge on any atom is -0.389 e. The van der Waals surface area contributed by atoms with E-state index in [2.05, 4.69) is 21.2 Å². The molecule has 1 rings (SSSR count). The molecule has 14 heavy (non-hydrogen) atoms. The third kappa shape index (κ3) is 3.48. The third-order valence-corrected chi connectivity index (χ3v) is 3.06. The van der Waals surface area contributed by atoms with Gasteiger partial charge in [0.05, 0.1) is 20.8 Å². The topological polar surface area (TPSA) is 32.3 Å². The van der Waals surface area contributed by atoms with Crippen LogP contribution < -0.4 is 5.32 Å². The van der Waals surface area contributed by atoms with E-state index in [1.54, 1.807) is 19.9 Å². The molecule has 0 heterocycles. The van der Waals surface area contributed by atoms with E-state index in [1.807, 2.05) is 12.1 Å². The second-order valence-electron chi connectivity index (χ2n) is 3.77. The van der Waals surface area contributed by atoms with Crippen LogP contribution in [0.3, 0.4) is 0 Å². The van der Waals surface area contributed by atoms with Gasteiger partial charge in [-0.2, -0.15) is 0 Å². The molecular weight excluding hydrogens is 265 g/mol. The lowest BCUT2D eigenvalue weighted by Gasteiger charge is -2.19. The molecule has 0 fully saturated rings. The molecule has 0 saturated heterocycles. The van der Waals surface area contributed by atoms with Gasteiger partial charge >= 0.3 is 0 Å². The van der Waals surface area contributed by atoms with Crippen LogP contribution in [0.4, 0.5) is 5.69 Å². The summed E-state index contributed by atoms with van der Waals surface area (Å²) >= 11 is 9.29. The molecule has 1 aromatic carbocycles. The van der Waals surface area contributed by atoms with Crippen LogP contribution in [0.2, 0.25) is 5.02 Å². The van der Waals surface area contributed by atoms with Gasteiger partial charge in [-0.15, -0.1) is 0 Å². The van der Waals surface area contributed by atoms with Crippen molar-refractivity contribution in [1.29, 1.82) is 0 Å². The largest absolute Gasteiger partial charge is 0.389 e. The molecule has 0 amide bonds. The lowest BCUT2D eigenvalue weighted by atomic mass is 10.1. The molecule has 0 radical (unpaired) electrons. The Labute approximate surface area is 97.4 Å². The molecule has 0 aromatic heterocycles. The number of anilines is 1. The fourth-order valence-electron chi connectivity index (χ4n) is 0.952. The van der Waals surface area contributed by atoms with Gasteiger partial charge in [0.15, 0.2) is 0 Å². The Balaban J connectivity index is 2.73. The summed E-state index contributed by atoms with van der Waals surface area (Å²) in [7, 11) is 0. The molecule has 0 unspecified atom stereocenters. The Kier molecular flexibility index (Phi) is 3.81. The fourth-order valence-corrected chi connectivity index (χ4v) is 1.53. The zero-order chi connectivity index (χ0) is 10.8. The average Bonchev–Trinajstić information content (AvgIpc) is 2.06. The third-order valence-electron chi connectivity index (χ3n) is 1.66. The number of benzene rings is 1. The van der Waals surface area contributed by atoms with Gasteiger partial charge in [0, 0.05) is 6.54 Å². The Morgan fingerprint density at radius 1 is 1.50 bits per heavy atom. The molecule has 1 aromatic rings. The summed E-state index contributed by atoms with van der Waals surface area (Å²) in [5, 5.41) is 13.3. The van der Waals surface area contributed by atoms with Crippen molar-refractivity contribution >= 4 is 33.2 Å². The lowest BCUT2D eigenvalue weighted by molar-refractivity contribution is 0.0945. The summed E-state index contributed by atoms with van der Waals surface area (Å²) in [4.78, 5) is 0. The molecule has 4 heteroatoms. The SMILES string of the molecule is CC(C)(O)CNc1cccc(Cl)c1Br. The first-order chi connectivity index (χ1) is 6.40. The van der Waals surface area contributed by atoms with Gasteiger partial charge in [0.1, 0.15) is 0 Å². The van der Waals surface area contributed by atoms with Gasteiger partial charge in [-0.05, 0) is 41.9 Å². The van der Waals surface area contributed by atoms with E-state index in [1.165, 1.54) is 0 Å². The molecule has 2 N–H and O–H groups in total. The smallest absolute Gasteiger partial charge is 0.0763 e. The maximum Gasteiger partial charge on any atom is 0.0763 e. The van der Waals surface area contributed by atoms with Crippen molar-refractivity contribution in [2.75, 3.05) is 11.9 Å². The van der Waals surface area contributed by atoms with Gasteiger partial charge in [0.25, 0.3) is 0 Å². The Hall–Kier alpha value is -0.250. The van der Waals surface area contributed by atoms with Gasteiger partial charge in [-0.1, -0.05) is 17.7 Å². The zero-order valence-electron chi connectivity index (χ0n) is 8.14. The van der Waals surface area contributed by atoms with Crippen molar-refractivity contribution in [3.63, 3.8) is 0 Å². The molecule has 2 nitrogen and oxygen atoms in total. The lowest BCUT2D eigenvalue weighted by Crippen LogP contribution is -2.29. The van der Waals surface area contributed by atoms with Crippen molar-refractivity contribution in [2.45, 2.75) is 19.4 Å². The Bertz CT molecular complexity index is 322.